The monoisotopic (exact) mass is 243 g/mol. The molecule has 7 heteroatoms. The Balaban J connectivity index is 3.11. The van der Waals surface area contributed by atoms with Gasteiger partial charge in [0.1, 0.15) is 11.6 Å². The molecule has 0 aliphatic heterocycles. The fourth-order valence-electron chi connectivity index (χ4n) is 1.28. The Morgan fingerprint density at radius 1 is 1.35 bits per heavy atom. The van der Waals surface area contributed by atoms with E-state index in [0.717, 1.165) is 12.1 Å². The second-order valence-electron chi connectivity index (χ2n) is 3.43. The minimum atomic E-state index is -1.51. The molecular weight excluding hydrogens is 233 g/mol. The zero-order valence-electron chi connectivity index (χ0n) is 8.55. The van der Waals surface area contributed by atoms with Crippen molar-refractivity contribution in [1.29, 1.82) is 0 Å². The summed E-state index contributed by atoms with van der Waals surface area (Å²) in [7, 11) is 0. The van der Waals surface area contributed by atoms with Gasteiger partial charge >= 0.3 is 11.9 Å². The molecule has 0 radical (unpaired) electrons. The molecule has 92 valence electrons. The lowest BCUT2D eigenvalue weighted by atomic mass is 10.0. The first-order chi connectivity index (χ1) is 7.82. The van der Waals surface area contributed by atoms with Crippen LogP contribution in [0.4, 0.5) is 4.39 Å². The smallest absolute Gasteiger partial charge is 0.339 e. The van der Waals surface area contributed by atoms with Crippen molar-refractivity contribution in [2.45, 2.75) is 12.5 Å². The summed E-state index contributed by atoms with van der Waals surface area (Å²) in [5.41, 5.74) is 4.69. The van der Waals surface area contributed by atoms with Gasteiger partial charge in [-0.3, -0.25) is 4.79 Å². The minimum Gasteiger partial charge on any atom is -0.504 e. The van der Waals surface area contributed by atoms with Gasteiger partial charge in [-0.05, 0) is 24.1 Å². The van der Waals surface area contributed by atoms with Gasteiger partial charge in [0.25, 0.3) is 0 Å². The van der Waals surface area contributed by atoms with E-state index >= 15 is 0 Å². The summed E-state index contributed by atoms with van der Waals surface area (Å²) in [4.78, 5) is 21.2. The van der Waals surface area contributed by atoms with Crippen LogP contribution < -0.4 is 5.73 Å². The molecule has 0 bridgehead atoms. The Kier molecular flexibility index (Phi) is 3.64. The number of hydrogen-bond donors (Lipinski definition) is 4. The summed E-state index contributed by atoms with van der Waals surface area (Å²) in [6, 6.07) is 0.578. The van der Waals surface area contributed by atoms with Gasteiger partial charge in [0.15, 0.2) is 11.6 Å². The van der Waals surface area contributed by atoms with Crippen LogP contribution in [-0.2, 0) is 11.2 Å². The lowest BCUT2D eigenvalue weighted by Gasteiger charge is -2.08. The van der Waals surface area contributed by atoms with Gasteiger partial charge in [0.05, 0.1) is 0 Å². The van der Waals surface area contributed by atoms with Crippen LogP contribution in [0.2, 0.25) is 0 Å². The van der Waals surface area contributed by atoms with E-state index in [1.165, 1.54) is 0 Å². The summed E-state index contributed by atoms with van der Waals surface area (Å²) in [6.07, 6.45) is -0.229. The Labute approximate surface area is 95.1 Å². The van der Waals surface area contributed by atoms with Gasteiger partial charge in [0.2, 0.25) is 0 Å². The van der Waals surface area contributed by atoms with E-state index in [0.29, 0.717) is 0 Å². The molecule has 1 unspecified atom stereocenters. The zero-order valence-corrected chi connectivity index (χ0v) is 8.55. The molecule has 0 spiro atoms. The van der Waals surface area contributed by atoms with Crippen molar-refractivity contribution in [3.63, 3.8) is 0 Å². The number of carboxylic acids is 2. The van der Waals surface area contributed by atoms with E-state index in [-0.39, 0.29) is 12.0 Å². The van der Waals surface area contributed by atoms with Crippen LogP contribution in [0.5, 0.6) is 5.75 Å². The van der Waals surface area contributed by atoms with Gasteiger partial charge in [0, 0.05) is 0 Å². The molecule has 0 aromatic heterocycles. The second-order valence-corrected chi connectivity index (χ2v) is 3.43. The highest BCUT2D eigenvalue weighted by molar-refractivity contribution is 5.91. The Morgan fingerprint density at radius 3 is 2.41 bits per heavy atom. The van der Waals surface area contributed by atoms with E-state index in [2.05, 4.69) is 0 Å². The van der Waals surface area contributed by atoms with E-state index in [1.54, 1.807) is 0 Å². The number of halogens is 1. The van der Waals surface area contributed by atoms with Crippen molar-refractivity contribution >= 4 is 11.9 Å². The van der Waals surface area contributed by atoms with Crippen molar-refractivity contribution in [3.8, 4) is 5.75 Å². The lowest BCUT2D eigenvalue weighted by molar-refractivity contribution is -0.138. The van der Waals surface area contributed by atoms with Crippen LogP contribution in [-0.4, -0.2) is 33.3 Å². The molecule has 0 aliphatic carbocycles. The van der Waals surface area contributed by atoms with Crippen molar-refractivity contribution in [2.75, 3.05) is 0 Å². The van der Waals surface area contributed by atoms with Crippen molar-refractivity contribution in [2.24, 2.45) is 5.73 Å². The Morgan fingerprint density at radius 2 is 1.94 bits per heavy atom. The summed E-state index contributed by atoms with van der Waals surface area (Å²) >= 11 is 0. The largest absolute Gasteiger partial charge is 0.504 e. The van der Waals surface area contributed by atoms with E-state index in [9.17, 15) is 14.0 Å². The molecule has 1 aromatic carbocycles. The number of aromatic hydroxyl groups is 1. The first-order valence-electron chi connectivity index (χ1n) is 4.56. The molecule has 17 heavy (non-hydrogen) atoms. The van der Waals surface area contributed by atoms with Crippen molar-refractivity contribution < 1.29 is 29.3 Å². The number of rotatable bonds is 4. The Hall–Kier alpha value is -2.15. The van der Waals surface area contributed by atoms with Crippen LogP contribution >= 0.6 is 0 Å². The number of carboxylic acid groups (broad SMARTS) is 2. The predicted octanol–water partition coefficient (Wildman–Crippen LogP) is 0.184. The summed E-state index contributed by atoms with van der Waals surface area (Å²) in [6.45, 7) is 0. The molecule has 0 aliphatic rings. The summed E-state index contributed by atoms with van der Waals surface area (Å²) < 4.78 is 13.1. The number of nitrogens with two attached hydrogens (primary N) is 1. The maximum Gasteiger partial charge on any atom is 0.339 e. The van der Waals surface area contributed by atoms with E-state index in [1.807, 2.05) is 0 Å². The van der Waals surface area contributed by atoms with E-state index < -0.39 is 35.1 Å². The number of hydrogen-bond acceptors (Lipinski definition) is 4. The lowest BCUT2D eigenvalue weighted by Crippen LogP contribution is -2.32. The Bertz CT molecular complexity index is 474. The molecule has 0 saturated heterocycles. The summed E-state index contributed by atoms with van der Waals surface area (Å²) in [5, 5.41) is 26.4. The zero-order chi connectivity index (χ0) is 13.2. The van der Waals surface area contributed by atoms with Gasteiger partial charge in [-0.15, -0.1) is 0 Å². The molecule has 6 nitrogen and oxygen atoms in total. The highest BCUT2D eigenvalue weighted by atomic mass is 19.1. The standard InChI is InChI=1S/C10H10FNO5/c11-6-2-4(3-7(12)10(16)17)1-5(8(6)13)9(14)15/h1-2,7,13H,3,12H2,(H,14,15)(H,16,17). The average molecular weight is 243 g/mol. The van der Waals surface area contributed by atoms with Crippen LogP contribution in [0.15, 0.2) is 12.1 Å². The first kappa shape index (κ1) is 12.9. The molecule has 5 N–H and O–H groups in total. The molecule has 1 rings (SSSR count). The fraction of sp³-hybridized carbons (Fsp3) is 0.200. The minimum absolute atomic E-state index is 0.0904. The van der Waals surface area contributed by atoms with Crippen molar-refractivity contribution in [3.05, 3.63) is 29.1 Å². The molecule has 0 fully saturated rings. The molecule has 1 aromatic rings. The molecular formula is C10H10FNO5. The third kappa shape index (κ3) is 2.91. The van der Waals surface area contributed by atoms with Gasteiger partial charge in [-0.25, -0.2) is 9.18 Å². The quantitative estimate of drug-likeness (QED) is 0.598. The fourth-order valence-corrected chi connectivity index (χ4v) is 1.28. The topological polar surface area (TPSA) is 121 Å². The van der Waals surface area contributed by atoms with Crippen LogP contribution in [0.3, 0.4) is 0 Å². The van der Waals surface area contributed by atoms with Crippen LogP contribution in [0.25, 0.3) is 0 Å². The van der Waals surface area contributed by atoms with Gasteiger partial charge in [-0.1, -0.05) is 0 Å². The number of aliphatic carboxylic acids is 1. The van der Waals surface area contributed by atoms with Crippen LogP contribution in [0, 0.1) is 5.82 Å². The van der Waals surface area contributed by atoms with Gasteiger partial charge in [-0.2, -0.15) is 0 Å². The maximum atomic E-state index is 13.1. The highest BCUT2D eigenvalue weighted by Gasteiger charge is 2.18. The molecule has 1 atom stereocenters. The molecule has 0 heterocycles. The first-order valence-corrected chi connectivity index (χ1v) is 4.56. The van der Waals surface area contributed by atoms with Crippen molar-refractivity contribution in [1.82, 2.24) is 0 Å². The molecule has 0 amide bonds. The normalized spacial score (nSPS) is 12.1. The highest BCUT2D eigenvalue weighted by Crippen LogP contribution is 2.23. The maximum absolute atomic E-state index is 13.1. The molecule has 0 saturated carbocycles. The third-order valence-electron chi connectivity index (χ3n) is 2.13. The number of phenols is 1. The number of carbonyl (C=O) groups is 2. The van der Waals surface area contributed by atoms with Gasteiger partial charge < -0.3 is 21.1 Å². The van der Waals surface area contributed by atoms with E-state index in [4.69, 9.17) is 21.1 Å². The number of aromatic carboxylic acids is 1. The van der Waals surface area contributed by atoms with Crippen LogP contribution in [0.1, 0.15) is 15.9 Å². The average Bonchev–Trinajstić information content (AvgIpc) is 2.22. The predicted molar refractivity (Wildman–Crippen MR) is 54.3 cm³/mol. The second kappa shape index (κ2) is 4.79. The SMILES string of the molecule is NC(Cc1cc(F)c(O)c(C(=O)O)c1)C(=O)O. The number of benzene rings is 1. The summed E-state index contributed by atoms with van der Waals surface area (Å²) in [5.74, 6) is -4.90. The third-order valence-corrected chi connectivity index (χ3v) is 2.13.